The van der Waals surface area contributed by atoms with Gasteiger partial charge in [-0.1, -0.05) is 36.4 Å². The Labute approximate surface area is 261 Å². The minimum Gasteiger partial charge on any atom is -0.478 e. The van der Waals surface area contributed by atoms with Crippen molar-refractivity contribution in [2.45, 2.75) is 30.9 Å². The molecule has 2 aromatic heterocycles. The predicted molar refractivity (Wildman–Crippen MR) is 168 cm³/mol. The molecule has 1 aliphatic heterocycles. The second-order valence-electron chi connectivity index (χ2n) is 10.5. The first-order chi connectivity index (χ1) is 21.9. The van der Waals surface area contributed by atoms with Crippen LogP contribution in [-0.2, 0) is 19.2 Å². The molecule has 1 saturated carbocycles. The first-order valence-corrected chi connectivity index (χ1v) is 14.1. The lowest BCUT2D eigenvalue weighted by molar-refractivity contribution is -0.134. The number of aliphatic carboxylic acids is 4. The molecule has 2 aromatic carbocycles. The van der Waals surface area contributed by atoms with Crippen LogP contribution in [0.25, 0.3) is 21.7 Å². The summed E-state index contributed by atoms with van der Waals surface area (Å²) in [6.45, 7) is 1.36. The molecule has 0 amide bonds. The summed E-state index contributed by atoms with van der Waals surface area (Å²) in [5, 5.41) is 44.1. The van der Waals surface area contributed by atoms with Gasteiger partial charge in [-0.2, -0.15) is 0 Å². The van der Waals surface area contributed by atoms with Gasteiger partial charge in [-0.05, 0) is 42.5 Å². The Hall–Kier alpha value is -5.82. The second-order valence-corrected chi connectivity index (χ2v) is 10.5. The normalized spacial score (nSPS) is 18.5. The zero-order chi connectivity index (χ0) is 33.4. The summed E-state index contributed by atoms with van der Waals surface area (Å²) < 4.78 is 1.89. The predicted octanol–water partition coefficient (Wildman–Crippen LogP) is 3.27. The van der Waals surface area contributed by atoms with Gasteiger partial charge in [0.05, 0.1) is 22.7 Å². The smallest absolute Gasteiger partial charge is 0.328 e. The maximum atomic E-state index is 13.5. The van der Waals surface area contributed by atoms with Gasteiger partial charge in [0, 0.05) is 66.6 Å². The largest absolute Gasteiger partial charge is 0.478 e. The highest BCUT2D eigenvalue weighted by Crippen LogP contribution is 2.50. The van der Waals surface area contributed by atoms with Gasteiger partial charge in [0.15, 0.2) is 0 Å². The first kappa shape index (κ1) is 33.1. The van der Waals surface area contributed by atoms with Gasteiger partial charge in [0.2, 0.25) is 0 Å². The van der Waals surface area contributed by atoms with Crippen molar-refractivity contribution in [3.05, 3.63) is 107 Å². The van der Waals surface area contributed by atoms with E-state index in [0.717, 1.165) is 52.4 Å². The van der Waals surface area contributed by atoms with Crippen LogP contribution in [0.2, 0.25) is 0 Å². The Bertz CT molecular complexity index is 1830. The Balaban J connectivity index is 0.000000250. The molecule has 4 aromatic rings. The highest BCUT2D eigenvalue weighted by Gasteiger charge is 2.42. The van der Waals surface area contributed by atoms with E-state index in [1.807, 2.05) is 53.2 Å². The van der Waals surface area contributed by atoms with Crippen molar-refractivity contribution >= 4 is 51.2 Å². The molecule has 5 N–H and O–H groups in total. The number of rotatable bonds is 7. The third-order valence-corrected chi connectivity index (χ3v) is 7.29. The Kier molecular flexibility index (Phi) is 10.6. The number of nitrogens with zero attached hydrogens (tertiary/aromatic N) is 3. The van der Waals surface area contributed by atoms with Crippen LogP contribution in [0.1, 0.15) is 30.5 Å². The fourth-order valence-corrected chi connectivity index (χ4v) is 5.15. The molecule has 13 heteroatoms. The third-order valence-electron chi connectivity index (χ3n) is 7.29. The van der Waals surface area contributed by atoms with Crippen LogP contribution in [-0.4, -0.2) is 78.2 Å². The number of anilines is 1. The number of aromatic nitrogens is 2. The number of hydrogen-bond acceptors (Lipinski definition) is 8. The molecule has 0 radical (unpaired) electrons. The Morgan fingerprint density at radius 3 is 1.96 bits per heavy atom. The lowest BCUT2D eigenvalue weighted by Crippen LogP contribution is -2.25. The number of fused-ring (bicyclic) bond motifs is 2. The van der Waals surface area contributed by atoms with E-state index < -0.39 is 23.9 Å². The molecule has 2 aliphatic rings. The number of hydrogen-bond donors (Lipinski definition) is 5. The van der Waals surface area contributed by atoms with Crippen molar-refractivity contribution in [1.82, 2.24) is 9.55 Å². The lowest BCUT2D eigenvalue weighted by Gasteiger charge is -2.20. The average Bonchev–Trinajstić information content (AvgIpc) is 3.70. The van der Waals surface area contributed by atoms with Crippen LogP contribution >= 0.6 is 0 Å². The first-order valence-electron chi connectivity index (χ1n) is 14.1. The summed E-state index contributed by atoms with van der Waals surface area (Å²) in [6, 6.07) is 20.5. The SMILES string of the molecule is O=C(O)/C=C/C(=O)O.O=C(O)/C=C/C(=O)O.O=c1c2c(N3CC[C@H](O)C3)cccc2ccn1C1CC1c1ccc2ccccc2n1. The summed E-state index contributed by atoms with van der Waals surface area (Å²) in [5.41, 5.74) is 3.05. The molecule has 3 heterocycles. The van der Waals surface area contributed by atoms with Crippen molar-refractivity contribution in [2.24, 2.45) is 0 Å². The molecule has 1 saturated heterocycles. The fraction of sp³-hybridized carbons (Fsp3) is 0.212. The lowest BCUT2D eigenvalue weighted by atomic mass is 10.1. The van der Waals surface area contributed by atoms with E-state index >= 15 is 0 Å². The molecular weight excluding hydrogens is 598 g/mol. The molecule has 2 fully saturated rings. The summed E-state index contributed by atoms with van der Waals surface area (Å²) >= 11 is 0. The molecule has 0 spiro atoms. The number of carboxylic acid groups (broad SMARTS) is 4. The summed E-state index contributed by atoms with van der Waals surface area (Å²) in [7, 11) is 0. The van der Waals surface area contributed by atoms with Crippen molar-refractivity contribution in [3.63, 3.8) is 0 Å². The zero-order valence-corrected chi connectivity index (χ0v) is 24.3. The summed E-state index contributed by atoms with van der Waals surface area (Å²) in [4.78, 5) is 58.7. The van der Waals surface area contributed by atoms with Crippen LogP contribution in [0.15, 0.2) is 96.0 Å². The Morgan fingerprint density at radius 2 is 1.37 bits per heavy atom. The average molecular weight is 630 g/mol. The van der Waals surface area contributed by atoms with Gasteiger partial charge in [-0.25, -0.2) is 19.2 Å². The number of aliphatic hydroxyl groups is 1. The van der Waals surface area contributed by atoms with Crippen LogP contribution in [0.3, 0.4) is 0 Å². The number of carboxylic acids is 4. The maximum Gasteiger partial charge on any atom is 0.328 e. The number of benzene rings is 2. The molecular formula is C33H31N3O10. The van der Waals surface area contributed by atoms with Crippen molar-refractivity contribution in [1.29, 1.82) is 0 Å². The van der Waals surface area contributed by atoms with Gasteiger partial charge in [-0.3, -0.25) is 9.78 Å². The molecule has 1 aliphatic carbocycles. The monoisotopic (exact) mass is 629 g/mol. The van der Waals surface area contributed by atoms with Crippen LogP contribution in [0.4, 0.5) is 5.69 Å². The van der Waals surface area contributed by atoms with E-state index in [4.69, 9.17) is 25.4 Å². The fourth-order valence-electron chi connectivity index (χ4n) is 5.15. The van der Waals surface area contributed by atoms with E-state index in [1.54, 1.807) is 0 Å². The van der Waals surface area contributed by atoms with Crippen molar-refractivity contribution < 1.29 is 44.7 Å². The number of pyridine rings is 2. The third kappa shape index (κ3) is 8.64. The quantitative estimate of drug-likeness (QED) is 0.187. The van der Waals surface area contributed by atoms with Gasteiger partial charge < -0.3 is 35.0 Å². The molecule has 3 atom stereocenters. The minimum atomic E-state index is -1.26. The van der Waals surface area contributed by atoms with E-state index in [0.29, 0.717) is 30.8 Å². The highest BCUT2D eigenvalue weighted by molar-refractivity contribution is 5.94. The summed E-state index contributed by atoms with van der Waals surface area (Å²) in [6.07, 6.45) is 5.52. The van der Waals surface area contributed by atoms with Gasteiger partial charge in [0.25, 0.3) is 5.56 Å². The van der Waals surface area contributed by atoms with E-state index in [-0.39, 0.29) is 23.6 Å². The number of β-amino-alcohol motifs (C(OH)–C–C–N with tert-alkyl or cyclic N) is 1. The number of para-hydroxylation sites is 1. The van der Waals surface area contributed by atoms with E-state index in [9.17, 15) is 29.1 Å². The second kappa shape index (κ2) is 14.8. The molecule has 46 heavy (non-hydrogen) atoms. The Morgan fingerprint density at radius 1 is 0.761 bits per heavy atom. The molecule has 13 nitrogen and oxygen atoms in total. The zero-order valence-electron chi connectivity index (χ0n) is 24.3. The summed E-state index contributed by atoms with van der Waals surface area (Å²) in [5.74, 6) is -4.76. The van der Waals surface area contributed by atoms with E-state index in [1.165, 1.54) is 0 Å². The minimum absolute atomic E-state index is 0.0535. The van der Waals surface area contributed by atoms with E-state index in [2.05, 4.69) is 23.1 Å². The van der Waals surface area contributed by atoms with Crippen LogP contribution in [0.5, 0.6) is 0 Å². The molecule has 2 unspecified atom stereocenters. The molecule has 0 bridgehead atoms. The molecule has 6 rings (SSSR count). The molecule has 238 valence electrons. The van der Waals surface area contributed by atoms with Crippen molar-refractivity contribution in [3.8, 4) is 0 Å². The van der Waals surface area contributed by atoms with Crippen molar-refractivity contribution in [2.75, 3.05) is 18.0 Å². The van der Waals surface area contributed by atoms with Gasteiger partial charge in [0.1, 0.15) is 0 Å². The highest BCUT2D eigenvalue weighted by atomic mass is 16.4. The van der Waals surface area contributed by atoms with Crippen LogP contribution in [0, 0.1) is 0 Å². The van der Waals surface area contributed by atoms with Crippen LogP contribution < -0.4 is 10.5 Å². The number of carbonyl (C=O) groups is 4. The maximum absolute atomic E-state index is 13.5. The van der Waals surface area contributed by atoms with Gasteiger partial charge in [-0.15, -0.1) is 0 Å². The standard InChI is InChI=1S/C25H23N3O2.2C4H4O4/c29-18-11-12-27(15-18)22-7-3-5-17-10-13-28(25(30)24(17)22)23-14-19(23)21-9-8-16-4-1-2-6-20(16)26-21;2*5-3(6)1-2-4(7)8/h1-10,13,18-19,23,29H,11-12,14-15H2;2*1-2H,(H,5,6)(H,7,8)/b;2*2-1+/t18-,19?,23?;;/m0../s1. The topological polar surface area (TPSA) is 208 Å². The number of aliphatic hydroxyl groups excluding tert-OH is 1. The van der Waals surface area contributed by atoms with Gasteiger partial charge >= 0.3 is 23.9 Å².